The van der Waals surface area contributed by atoms with Gasteiger partial charge in [-0.2, -0.15) is 0 Å². The molecular weight excluding hydrogens is 374 g/mol. The molecule has 0 amide bonds. The molecule has 1 aromatic heterocycles. The number of esters is 1. The molecule has 3 aromatic rings. The van der Waals surface area contributed by atoms with Crippen LogP contribution < -0.4 is 0 Å². The van der Waals surface area contributed by atoms with Gasteiger partial charge in [-0.3, -0.25) is 9.80 Å². The summed E-state index contributed by atoms with van der Waals surface area (Å²) in [5.41, 5.74) is 4.13. The molecule has 1 aliphatic heterocycles. The first-order chi connectivity index (χ1) is 14.5. The fourth-order valence-electron chi connectivity index (χ4n) is 4.56. The normalized spacial score (nSPS) is 20.5. The monoisotopic (exact) mass is 405 g/mol. The second-order valence-corrected chi connectivity index (χ2v) is 8.38. The predicted molar refractivity (Wildman–Crippen MR) is 120 cm³/mol. The quantitative estimate of drug-likeness (QED) is 0.616. The third-order valence-electron chi connectivity index (χ3n) is 5.97. The van der Waals surface area contributed by atoms with E-state index < -0.39 is 0 Å². The van der Waals surface area contributed by atoms with Crippen molar-refractivity contribution in [3.05, 3.63) is 71.4 Å². The molecule has 1 saturated heterocycles. The number of carbonyl (C=O) groups excluding carboxylic acids is 1. The molecule has 4 rings (SSSR count). The van der Waals surface area contributed by atoms with Crippen molar-refractivity contribution in [3.8, 4) is 0 Å². The van der Waals surface area contributed by atoms with Crippen LogP contribution >= 0.6 is 0 Å². The molecule has 2 atom stereocenters. The zero-order chi connectivity index (χ0) is 21.1. The summed E-state index contributed by atoms with van der Waals surface area (Å²) in [7, 11) is 0. The van der Waals surface area contributed by atoms with Gasteiger partial charge in [-0.15, -0.1) is 0 Å². The number of nitrogens with zero attached hydrogens (tertiary/aromatic N) is 2. The van der Waals surface area contributed by atoms with Crippen LogP contribution in [0.25, 0.3) is 10.9 Å². The van der Waals surface area contributed by atoms with Gasteiger partial charge in [0.25, 0.3) is 0 Å². The summed E-state index contributed by atoms with van der Waals surface area (Å²) in [5, 5.41) is 1.05. The first-order valence-electron chi connectivity index (χ1n) is 10.8. The minimum Gasteiger partial charge on any atom is -0.461 e. The number of aromatic nitrogens is 1. The molecule has 0 aliphatic carbocycles. The highest BCUT2D eigenvalue weighted by molar-refractivity contribution is 5.94. The highest BCUT2D eigenvalue weighted by Crippen LogP contribution is 2.23. The van der Waals surface area contributed by atoms with E-state index in [0.29, 0.717) is 24.4 Å². The van der Waals surface area contributed by atoms with Crippen LogP contribution in [0.4, 0.5) is 0 Å². The van der Waals surface area contributed by atoms with Gasteiger partial charge < -0.3 is 9.72 Å². The van der Waals surface area contributed by atoms with Crippen LogP contribution in [0, 0.1) is 0 Å². The highest BCUT2D eigenvalue weighted by Gasteiger charge is 2.29. The van der Waals surface area contributed by atoms with Gasteiger partial charge in [0.05, 0.1) is 6.61 Å². The number of hydrogen-bond donors (Lipinski definition) is 1. The SMILES string of the molecule is CCOC(=O)c1cc2cc(CN3C[C@@H](C)N(Cc4ccccc4)[C@@H](C)C3)ccc2[nH]1. The van der Waals surface area contributed by atoms with E-state index in [2.05, 4.69) is 77.2 Å². The molecular formula is C25H31N3O2. The number of H-pyrrole nitrogens is 1. The Labute approximate surface area is 178 Å². The summed E-state index contributed by atoms with van der Waals surface area (Å²) in [6, 6.07) is 20.0. The number of nitrogens with one attached hydrogen (secondary N) is 1. The molecule has 1 fully saturated rings. The lowest BCUT2D eigenvalue weighted by atomic mass is 10.0. The smallest absolute Gasteiger partial charge is 0.354 e. The molecule has 158 valence electrons. The average Bonchev–Trinajstić information content (AvgIpc) is 3.15. The van der Waals surface area contributed by atoms with Crippen molar-refractivity contribution in [2.45, 2.75) is 45.9 Å². The summed E-state index contributed by atoms with van der Waals surface area (Å²) in [4.78, 5) is 20.3. The zero-order valence-corrected chi connectivity index (χ0v) is 18.1. The van der Waals surface area contributed by atoms with E-state index >= 15 is 0 Å². The Morgan fingerprint density at radius 2 is 1.73 bits per heavy atom. The molecule has 30 heavy (non-hydrogen) atoms. The predicted octanol–water partition coefficient (Wildman–Crippen LogP) is 4.44. The van der Waals surface area contributed by atoms with Crippen molar-refractivity contribution in [2.24, 2.45) is 0 Å². The maximum Gasteiger partial charge on any atom is 0.354 e. The van der Waals surface area contributed by atoms with Crippen molar-refractivity contribution < 1.29 is 9.53 Å². The number of hydrogen-bond acceptors (Lipinski definition) is 4. The summed E-state index contributed by atoms with van der Waals surface area (Å²) in [6.07, 6.45) is 0. The minimum atomic E-state index is -0.299. The van der Waals surface area contributed by atoms with Gasteiger partial charge in [-0.05, 0) is 50.1 Å². The maximum atomic E-state index is 12.0. The second kappa shape index (κ2) is 9.02. The Bertz CT molecular complexity index is 986. The maximum absolute atomic E-state index is 12.0. The Morgan fingerprint density at radius 3 is 2.43 bits per heavy atom. The van der Waals surface area contributed by atoms with Crippen molar-refractivity contribution in [2.75, 3.05) is 19.7 Å². The second-order valence-electron chi connectivity index (χ2n) is 8.38. The van der Waals surface area contributed by atoms with Crippen LogP contribution in [-0.4, -0.2) is 52.5 Å². The van der Waals surface area contributed by atoms with Gasteiger partial charge in [-0.25, -0.2) is 4.79 Å². The van der Waals surface area contributed by atoms with E-state index in [1.807, 2.05) is 13.0 Å². The number of carbonyl (C=O) groups is 1. The van der Waals surface area contributed by atoms with Crippen molar-refractivity contribution in [3.63, 3.8) is 0 Å². The molecule has 2 heterocycles. The lowest BCUT2D eigenvalue weighted by Crippen LogP contribution is -2.55. The summed E-state index contributed by atoms with van der Waals surface area (Å²) in [6.45, 7) is 10.9. The topological polar surface area (TPSA) is 48.6 Å². The van der Waals surface area contributed by atoms with E-state index in [4.69, 9.17) is 4.74 Å². The number of benzene rings is 2. The standard InChI is InChI=1S/C25H31N3O2/c1-4-30-25(29)24-13-22-12-21(10-11-23(22)26-24)16-27-14-18(2)28(19(3)15-27)17-20-8-6-5-7-9-20/h5-13,18-19,26H,4,14-17H2,1-3H3/t18-,19+. The molecule has 0 spiro atoms. The molecule has 0 unspecified atom stereocenters. The van der Waals surface area contributed by atoms with E-state index in [1.165, 1.54) is 11.1 Å². The fraction of sp³-hybridized carbons (Fsp3) is 0.400. The van der Waals surface area contributed by atoms with Crippen LogP contribution in [0.1, 0.15) is 42.4 Å². The Morgan fingerprint density at radius 1 is 1.00 bits per heavy atom. The molecule has 1 N–H and O–H groups in total. The molecule has 0 saturated carbocycles. The van der Waals surface area contributed by atoms with Crippen molar-refractivity contribution in [1.29, 1.82) is 0 Å². The van der Waals surface area contributed by atoms with E-state index in [0.717, 1.165) is 37.1 Å². The lowest BCUT2D eigenvalue weighted by Gasteiger charge is -2.44. The first kappa shape index (κ1) is 20.6. The summed E-state index contributed by atoms with van der Waals surface area (Å²) >= 11 is 0. The lowest BCUT2D eigenvalue weighted by molar-refractivity contribution is 0.0290. The van der Waals surface area contributed by atoms with E-state index in [-0.39, 0.29) is 5.97 Å². The van der Waals surface area contributed by atoms with E-state index in [9.17, 15) is 4.79 Å². The van der Waals surface area contributed by atoms with Gasteiger partial charge >= 0.3 is 5.97 Å². The van der Waals surface area contributed by atoms with E-state index in [1.54, 1.807) is 0 Å². The van der Waals surface area contributed by atoms with Crippen LogP contribution in [0.15, 0.2) is 54.6 Å². The van der Waals surface area contributed by atoms with Crippen LogP contribution in [0.3, 0.4) is 0 Å². The number of piperazine rings is 1. The molecule has 5 nitrogen and oxygen atoms in total. The van der Waals surface area contributed by atoms with Crippen LogP contribution in [-0.2, 0) is 17.8 Å². The third-order valence-corrected chi connectivity index (χ3v) is 5.97. The first-order valence-corrected chi connectivity index (χ1v) is 10.8. The van der Waals surface area contributed by atoms with Crippen LogP contribution in [0.5, 0.6) is 0 Å². The largest absolute Gasteiger partial charge is 0.461 e. The number of ether oxygens (including phenoxy) is 1. The number of rotatable bonds is 6. The van der Waals surface area contributed by atoms with Crippen molar-refractivity contribution >= 4 is 16.9 Å². The third kappa shape index (κ3) is 4.58. The molecule has 0 radical (unpaired) electrons. The highest BCUT2D eigenvalue weighted by atomic mass is 16.5. The Balaban J connectivity index is 1.42. The summed E-state index contributed by atoms with van der Waals surface area (Å²) in [5.74, 6) is -0.299. The molecule has 1 aliphatic rings. The van der Waals surface area contributed by atoms with Gasteiger partial charge in [0.2, 0.25) is 0 Å². The zero-order valence-electron chi connectivity index (χ0n) is 18.1. The fourth-order valence-corrected chi connectivity index (χ4v) is 4.56. The molecule has 2 aromatic carbocycles. The molecule has 0 bridgehead atoms. The van der Waals surface area contributed by atoms with Crippen molar-refractivity contribution in [1.82, 2.24) is 14.8 Å². The molecule has 5 heteroatoms. The van der Waals surface area contributed by atoms with Gasteiger partial charge in [-0.1, -0.05) is 36.4 Å². The Hall–Kier alpha value is -2.63. The number of aromatic amines is 1. The Kier molecular flexibility index (Phi) is 6.21. The van der Waals surface area contributed by atoms with Gasteiger partial charge in [0, 0.05) is 49.2 Å². The van der Waals surface area contributed by atoms with Gasteiger partial charge in [0.15, 0.2) is 0 Å². The number of fused-ring (bicyclic) bond motifs is 1. The van der Waals surface area contributed by atoms with Gasteiger partial charge in [0.1, 0.15) is 5.69 Å². The summed E-state index contributed by atoms with van der Waals surface area (Å²) < 4.78 is 5.10. The minimum absolute atomic E-state index is 0.299. The average molecular weight is 406 g/mol. The van der Waals surface area contributed by atoms with Crippen LogP contribution in [0.2, 0.25) is 0 Å².